The Morgan fingerprint density at radius 1 is 1.02 bits per heavy atom. The number of hydrogen-bond acceptors (Lipinski definition) is 8. The number of methoxy groups -OCH3 is 1. The lowest BCUT2D eigenvalue weighted by Crippen LogP contribution is -2.50. The van der Waals surface area contributed by atoms with Gasteiger partial charge in [-0.15, -0.1) is 0 Å². The van der Waals surface area contributed by atoms with E-state index in [9.17, 15) is 14.4 Å². The summed E-state index contributed by atoms with van der Waals surface area (Å²) in [6, 6.07) is 11.3. The molecule has 2 N–H and O–H groups in total. The number of piperazine rings is 1. The second kappa shape index (κ2) is 13.6. The van der Waals surface area contributed by atoms with Crippen LogP contribution in [0.15, 0.2) is 42.6 Å². The van der Waals surface area contributed by atoms with Gasteiger partial charge >= 0.3 is 0 Å². The minimum absolute atomic E-state index is 0.00281. The third-order valence-electron chi connectivity index (χ3n) is 7.78. The van der Waals surface area contributed by atoms with Crippen LogP contribution in [0.1, 0.15) is 66.5 Å². The lowest BCUT2D eigenvalue weighted by atomic mass is 9.88. The van der Waals surface area contributed by atoms with E-state index >= 15 is 0 Å². The number of hydrogen-bond donors (Lipinski definition) is 2. The third-order valence-corrected chi connectivity index (χ3v) is 8.57. The van der Waals surface area contributed by atoms with Crippen molar-refractivity contribution in [2.75, 3.05) is 38.6 Å². The number of nitrogens with zero attached hydrogens (tertiary/aromatic N) is 3. The first-order valence-electron chi connectivity index (χ1n) is 14.4. The highest BCUT2D eigenvalue weighted by Gasteiger charge is 2.26. The van der Waals surface area contributed by atoms with Crippen molar-refractivity contribution >= 4 is 34.2 Å². The molecule has 3 aromatic rings. The van der Waals surface area contributed by atoms with Crippen LogP contribution >= 0.6 is 11.3 Å². The first kappa shape index (κ1) is 32.0. The van der Waals surface area contributed by atoms with E-state index in [1.807, 2.05) is 19.1 Å². The number of anilines is 1. The van der Waals surface area contributed by atoms with Crippen LogP contribution < -0.4 is 20.1 Å². The van der Waals surface area contributed by atoms with Gasteiger partial charge < -0.3 is 24.6 Å². The van der Waals surface area contributed by atoms with Gasteiger partial charge in [-0.1, -0.05) is 44.2 Å². The predicted octanol–water partition coefficient (Wildman–Crippen LogP) is 5.33. The fourth-order valence-corrected chi connectivity index (χ4v) is 5.17. The molecule has 43 heavy (non-hydrogen) atoms. The Labute approximate surface area is 257 Å². The first-order valence-corrected chi connectivity index (χ1v) is 15.2. The molecule has 1 aliphatic rings. The molecule has 1 aromatic heterocycles. The summed E-state index contributed by atoms with van der Waals surface area (Å²) in [5, 5.41) is 7.23. The fourth-order valence-electron chi connectivity index (χ4n) is 4.50. The summed E-state index contributed by atoms with van der Waals surface area (Å²) in [5.74, 6) is 0.488. The van der Waals surface area contributed by atoms with Crippen LogP contribution in [0.5, 0.6) is 16.6 Å². The molecule has 1 saturated heterocycles. The highest BCUT2D eigenvalue weighted by Crippen LogP contribution is 2.36. The molecule has 1 aliphatic heterocycles. The highest BCUT2D eigenvalue weighted by molar-refractivity contribution is 7.17. The Morgan fingerprint density at radius 2 is 1.67 bits per heavy atom. The van der Waals surface area contributed by atoms with Gasteiger partial charge in [0.15, 0.2) is 5.13 Å². The Morgan fingerprint density at radius 3 is 2.28 bits per heavy atom. The van der Waals surface area contributed by atoms with Crippen molar-refractivity contribution in [1.82, 2.24) is 20.1 Å². The van der Waals surface area contributed by atoms with Gasteiger partial charge in [0.05, 0.1) is 18.9 Å². The molecule has 1 fully saturated rings. The van der Waals surface area contributed by atoms with Gasteiger partial charge in [0.2, 0.25) is 11.0 Å². The van der Waals surface area contributed by atoms with Gasteiger partial charge in [0.25, 0.3) is 11.8 Å². The van der Waals surface area contributed by atoms with Gasteiger partial charge in [-0.2, -0.15) is 0 Å². The zero-order chi connectivity index (χ0) is 31.3. The van der Waals surface area contributed by atoms with E-state index in [-0.39, 0.29) is 23.1 Å². The Hall–Kier alpha value is -3.96. The minimum Gasteiger partial charge on any atom is -0.496 e. The zero-order valence-corrected chi connectivity index (χ0v) is 26.8. The second-order valence-electron chi connectivity index (χ2n) is 11.8. The van der Waals surface area contributed by atoms with Crippen LogP contribution in [0.2, 0.25) is 0 Å². The molecule has 0 saturated carbocycles. The molecule has 1 atom stereocenters. The molecule has 0 radical (unpaired) electrons. The molecular formula is C32H41N5O5S. The van der Waals surface area contributed by atoms with Crippen molar-refractivity contribution in [1.29, 1.82) is 0 Å². The van der Waals surface area contributed by atoms with Crippen LogP contribution in [0.3, 0.4) is 0 Å². The van der Waals surface area contributed by atoms with E-state index < -0.39 is 0 Å². The molecule has 4 rings (SSSR count). The van der Waals surface area contributed by atoms with Gasteiger partial charge in [-0.05, 0) is 54.7 Å². The Balaban J connectivity index is 1.39. The van der Waals surface area contributed by atoms with Gasteiger partial charge in [0, 0.05) is 51.3 Å². The van der Waals surface area contributed by atoms with Crippen LogP contribution in [0.25, 0.3) is 0 Å². The lowest BCUT2D eigenvalue weighted by Gasteiger charge is -2.34. The summed E-state index contributed by atoms with van der Waals surface area (Å²) in [4.78, 5) is 45.7. The maximum atomic E-state index is 13.4. The maximum absolute atomic E-state index is 13.4. The van der Waals surface area contributed by atoms with Gasteiger partial charge in [0.1, 0.15) is 11.5 Å². The predicted molar refractivity (Wildman–Crippen MR) is 168 cm³/mol. The zero-order valence-electron chi connectivity index (χ0n) is 25.9. The normalized spacial score (nSPS) is 14.3. The smallest absolute Gasteiger partial charge is 0.257 e. The average Bonchev–Trinajstić information content (AvgIpc) is 3.42. The summed E-state index contributed by atoms with van der Waals surface area (Å²) >= 11 is 1.19. The summed E-state index contributed by atoms with van der Waals surface area (Å²) in [6.45, 7) is 14.8. The summed E-state index contributed by atoms with van der Waals surface area (Å²) in [5.41, 5.74) is 2.95. The number of aromatic nitrogens is 1. The summed E-state index contributed by atoms with van der Waals surface area (Å²) in [7, 11) is 1.52. The molecule has 0 bridgehead atoms. The Bertz CT molecular complexity index is 1460. The number of carbonyl (C=O) groups excluding carboxylic acids is 3. The lowest BCUT2D eigenvalue weighted by molar-refractivity contribution is -0.130. The molecule has 2 aromatic carbocycles. The van der Waals surface area contributed by atoms with Crippen molar-refractivity contribution < 1.29 is 23.9 Å². The highest BCUT2D eigenvalue weighted by atomic mass is 32.1. The van der Waals surface area contributed by atoms with E-state index in [4.69, 9.17) is 9.47 Å². The molecule has 1 unspecified atom stereocenters. The molecule has 3 amide bonds. The molecule has 10 nitrogen and oxygen atoms in total. The molecule has 11 heteroatoms. The molecule has 2 heterocycles. The number of benzene rings is 2. The quantitative estimate of drug-likeness (QED) is 0.338. The van der Waals surface area contributed by atoms with Crippen molar-refractivity contribution in [2.24, 2.45) is 5.41 Å². The van der Waals surface area contributed by atoms with Crippen LogP contribution in [0, 0.1) is 12.3 Å². The number of nitrogens with one attached hydrogen (secondary N) is 2. The topological polar surface area (TPSA) is 113 Å². The van der Waals surface area contributed by atoms with Crippen LogP contribution in [-0.2, 0) is 11.3 Å². The van der Waals surface area contributed by atoms with Crippen molar-refractivity contribution in [3.8, 4) is 16.6 Å². The SMILES string of the molecule is COc1cc(C)c(Oc2cnc(NC(=O)c3ccc(CNC(C)C(C)(C)C)cc3)s2)cc1C(=O)N1CCN(C(C)=O)CC1. The van der Waals surface area contributed by atoms with Crippen molar-refractivity contribution in [3.63, 3.8) is 0 Å². The van der Waals surface area contributed by atoms with E-state index in [2.05, 4.69) is 43.3 Å². The first-order chi connectivity index (χ1) is 20.3. The van der Waals surface area contributed by atoms with E-state index in [0.717, 1.165) is 17.7 Å². The standard InChI is InChI=1S/C32H41N5O5S/c1-20-16-27(41-7)25(30(40)37-14-12-36(13-15-37)22(3)38)17-26(20)42-28-19-34-31(43-28)35-29(39)24-10-8-23(9-11-24)18-33-21(2)32(4,5)6/h8-11,16-17,19,21,33H,12-15,18H2,1-7H3,(H,34,35,39). The monoisotopic (exact) mass is 607 g/mol. The van der Waals surface area contributed by atoms with Gasteiger partial charge in [-0.3, -0.25) is 19.7 Å². The number of carbonyl (C=O) groups is 3. The second-order valence-corrected chi connectivity index (χ2v) is 12.8. The summed E-state index contributed by atoms with van der Waals surface area (Å²) in [6.07, 6.45) is 1.54. The van der Waals surface area contributed by atoms with Crippen LogP contribution in [-0.4, -0.2) is 71.8 Å². The number of thiazole rings is 1. The van der Waals surface area contributed by atoms with E-state index in [0.29, 0.717) is 65.0 Å². The Kier molecular flexibility index (Phi) is 10.1. The van der Waals surface area contributed by atoms with Crippen molar-refractivity contribution in [3.05, 3.63) is 64.8 Å². The minimum atomic E-state index is -0.262. The molecular weight excluding hydrogens is 566 g/mol. The van der Waals surface area contributed by atoms with E-state index in [1.54, 1.807) is 34.1 Å². The maximum Gasteiger partial charge on any atom is 0.257 e. The molecule has 0 aliphatic carbocycles. The average molecular weight is 608 g/mol. The largest absolute Gasteiger partial charge is 0.496 e. The van der Waals surface area contributed by atoms with Crippen molar-refractivity contribution in [2.45, 2.75) is 54.1 Å². The number of aryl methyl sites for hydroxylation is 1. The summed E-state index contributed by atoms with van der Waals surface area (Å²) < 4.78 is 11.6. The number of ether oxygens (including phenoxy) is 2. The van der Waals surface area contributed by atoms with Gasteiger partial charge in [-0.25, -0.2) is 4.98 Å². The molecule has 0 spiro atoms. The molecule has 230 valence electrons. The van der Waals surface area contributed by atoms with Crippen LogP contribution in [0.4, 0.5) is 5.13 Å². The number of amides is 3. The van der Waals surface area contributed by atoms with E-state index in [1.165, 1.54) is 31.6 Å². The third kappa shape index (κ3) is 8.11. The fraction of sp³-hybridized carbons (Fsp3) is 0.438. The number of rotatable bonds is 9.